The molecule has 1 unspecified atom stereocenters. The van der Waals surface area contributed by atoms with E-state index in [4.69, 9.17) is 14.2 Å². The Labute approximate surface area is 200 Å². The smallest absolute Gasteiger partial charge is 0.322 e. The van der Waals surface area contributed by atoms with Crippen LogP contribution in [0.3, 0.4) is 0 Å². The maximum atomic E-state index is 13.1. The summed E-state index contributed by atoms with van der Waals surface area (Å²) in [6.45, 7) is 11.5. The zero-order valence-corrected chi connectivity index (χ0v) is 20.5. The Morgan fingerprint density at radius 3 is 2.44 bits per heavy atom. The monoisotopic (exact) mass is 460 g/mol. The molecule has 1 N–H and O–H groups in total. The Bertz CT molecular complexity index is 1160. The molecule has 2 amide bonds. The molecular formula is C27H32N4O3. The van der Waals surface area contributed by atoms with E-state index in [2.05, 4.69) is 24.3 Å². The second kappa shape index (κ2) is 10.1. The zero-order valence-electron chi connectivity index (χ0n) is 20.5. The highest BCUT2D eigenvalue weighted by Crippen LogP contribution is 2.37. The molecule has 178 valence electrons. The number of carbonyl (C=O) groups is 1. The fourth-order valence-corrected chi connectivity index (χ4v) is 4.04. The van der Waals surface area contributed by atoms with Gasteiger partial charge >= 0.3 is 6.03 Å². The molecular weight excluding hydrogens is 428 g/mol. The van der Waals surface area contributed by atoms with E-state index < -0.39 is 0 Å². The van der Waals surface area contributed by atoms with E-state index in [-0.39, 0.29) is 12.1 Å². The molecule has 7 nitrogen and oxygen atoms in total. The van der Waals surface area contributed by atoms with Crippen LogP contribution in [0.15, 0.2) is 58.8 Å². The summed E-state index contributed by atoms with van der Waals surface area (Å²) in [4.78, 5) is 19.6. The van der Waals surface area contributed by atoms with Gasteiger partial charge in [-0.1, -0.05) is 48.8 Å². The van der Waals surface area contributed by atoms with Crippen LogP contribution in [-0.2, 0) is 0 Å². The van der Waals surface area contributed by atoms with Crippen molar-refractivity contribution in [1.29, 1.82) is 0 Å². The minimum Gasteiger partial charge on any atom is -0.494 e. The van der Waals surface area contributed by atoms with Gasteiger partial charge in [-0.15, -0.1) is 0 Å². The van der Waals surface area contributed by atoms with Crippen LogP contribution in [0.25, 0.3) is 17.0 Å². The molecule has 1 aromatic heterocycles. The van der Waals surface area contributed by atoms with Gasteiger partial charge in [0.25, 0.3) is 5.89 Å². The van der Waals surface area contributed by atoms with E-state index in [9.17, 15) is 4.79 Å². The van der Waals surface area contributed by atoms with Crippen molar-refractivity contribution in [2.24, 2.45) is 5.92 Å². The van der Waals surface area contributed by atoms with Crippen LogP contribution in [0.1, 0.15) is 57.2 Å². The summed E-state index contributed by atoms with van der Waals surface area (Å²) in [5, 5.41) is 7.40. The Morgan fingerprint density at radius 1 is 1.09 bits per heavy atom. The first kappa shape index (κ1) is 23.5. The predicted molar refractivity (Wildman–Crippen MR) is 132 cm³/mol. The van der Waals surface area contributed by atoms with Gasteiger partial charge in [-0.25, -0.2) is 4.79 Å². The van der Waals surface area contributed by atoms with E-state index in [0.717, 1.165) is 40.1 Å². The average Bonchev–Trinajstić information content (AvgIpc) is 3.29. The van der Waals surface area contributed by atoms with Crippen LogP contribution in [0.4, 0.5) is 4.79 Å². The Kier molecular flexibility index (Phi) is 7.01. The Hall–Kier alpha value is -3.61. The molecule has 3 aromatic rings. The highest BCUT2D eigenvalue weighted by molar-refractivity contribution is 5.86. The number of allylic oxidation sites excluding steroid dienone is 1. The number of hydrogen-bond acceptors (Lipinski definition) is 5. The summed E-state index contributed by atoms with van der Waals surface area (Å²) in [5.74, 6) is 2.17. The number of aryl methyl sites for hydroxylation is 1. The molecule has 2 aromatic carbocycles. The van der Waals surface area contributed by atoms with Crippen LogP contribution in [0.2, 0.25) is 0 Å². The molecule has 0 saturated heterocycles. The van der Waals surface area contributed by atoms with Crippen molar-refractivity contribution in [3.05, 3.63) is 71.2 Å². The van der Waals surface area contributed by atoms with Crippen LogP contribution in [0.5, 0.6) is 5.75 Å². The number of carbonyl (C=O) groups excluding carboxylic acids is 1. The third kappa shape index (κ3) is 4.98. The molecule has 4 rings (SSSR count). The number of rotatable bonds is 8. The molecule has 1 atom stereocenters. The third-order valence-corrected chi connectivity index (χ3v) is 6.02. The van der Waals surface area contributed by atoms with Crippen LogP contribution < -0.4 is 10.1 Å². The van der Waals surface area contributed by atoms with E-state index in [1.165, 1.54) is 0 Å². The van der Waals surface area contributed by atoms with Crippen molar-refractivity contribution in [3.8, 4) is 17.1 Å². The van der Waals surface area contributed by atoms with Crippen LogP contribution in [-0.4, -0.2) is 34.2 Å². The van der Waals surface area contributed by atoms with Gasteiger partial charge in [-0.3, -0.25) is 4.90 Å². The fourth-order valence-electron chi connectivity index (χ4n) is 4.04. The second-order valence-electron chi connectivity index (χ2n) is 9.01. The lowest BCUT2D eigenvalue weighted by Crippen LogP contribution is -2.46. The van der Waals surface area contributed by atoms with Crippen molar-refractivity contribution >= 4 is 11.6 Å². The number of amides is 2. The quantitative estimate of drug-likeness (QED) is 0.447. The standard InChI is InChI=1S/C27H32N4O3/c1-6-33-22-13-11-21(12-14-22)25-29-26(34-30-25)23-19(5)31(16-15-17(2)3)27(32)28-24(23)20-9-7-18(4)8-10-20/h7-14,17,24H,6,15-16H2,1-5H3,(H,28,32). The van der Waals surface area contributed by atoms with Gasteiger partial charge in [-0.05, 0) is 62.9 Å². The number of nitrogens with one attached hydrogen (secondary N) is 1. The van der Waals surface area contributed by atoms with E-state index >= 15 is 0 Å². The number of aromatic nitrogens is 2. The molecule has 2 heterocycles. The normalized spacial score (nSPS) is 16.2. The summed E-state index contributed by atoms with van der Waals surface area (Å²) in [6.07, 6.45) is 0.897. The zero-order chi connectivity index (χ0) is 24.2. The van der Waals surface area contributed by atoms with Crippen LogP contribution >= 0.6 is 0 Å². The first-order valence-electron chi connectivity index (χ1n) is 11.8. The topological polar surface area (TPSA) is 80.5 Å². The summed E-state index contributed by atoms with van der Waals surface area (Å²) in [5.41, 5.74) is 4.61. The number of urea groups is 1. The van der Waals surface area contributed by atoms with Crippen molar-refractivity contribution < 1.29 is 14.1 Å². The Morgan fingerprint density at radius 2 is 1.79 bits per heavy atom. The molecule has 1 aliphatic heterocycles. The van der Waals surface area contributed by atoms with E-state index in [1.54, 1.807) is 4.90 Å². The van der Waals surface area contributed by atoms with Gasteiger partial charge in [0.2, 0.25) is 5.82 Å². The largest absolute Gasteiger partial charge is 0.494 e. The highest BCUT2D eigenvalue weighted by atomic mass is 16.5. The SMILES string of the molecule is CCOc1ccc(-c2noc(C3=C(C)N(CCC(C)C)C(=O)NC3c3ccc(C)cc3)n2)cc1. The fraction of sp³-hybridized carbons (Fsp3) is 0.370. The molecule has 7 heteroatoms. The first-order chi connectivity index (χ1) is 16.4. The molecule has 0 radical (unpaired) electrons. The van der Waals surface area contributed by atoms with Crippen molar-refractivity contribution in [1.82, 2.24) is 20.4 Å². The predicted octanol–water partition coefficient (Wildman–Crippen LogP) is 5.99. The average molecular weight is 461 g/mol. The van der Waals surface area contributed by atoms with E-state index in [0.29, 0.717) is 30.8 Å². The molecule has 0 fully saturated rings. The lowest BCUT2D eigenvalue weighted by molar-refractivity contribution is 0.202. The van der Waals surface area contributed by atoms with Gasteiger partial charge in [0, 0.05) is 17.8 Å². The van der Waals surface area contributed by atoms with Gasteiger partial charge < -0.3 is 14.6 Å². The van der Waals surface area contributed by atoms with Crippen molar-refractivity contribution in [2.45, 2.75) is 47.1 Å². The maximum absolute atomic E-state index is 13.1. The van der Waals surface area contributed by atoms with Gasteiger partial charge in [0.05, 0.1) is 18.2 Å². The van der Waals surface area contributed by atoms with Crippen LogP contribution in [0, 0.1) is 12.8 Å². The molecule has 0 bridgehead atoms. The van der Waals surface area contributed by atoms with Gasteiger partial charge in [0.1, 0.15) is 5.75 Å². The highest BCUT2D eigenvalue weighted by Gasteiger charge is 2.35. The molecule has 1 aliphatic rings. The summed E-state index contributed by atoms with van der Waals surface area (Å²) >= 11 is 0. The molecule has 34 heavy (non-hydrogen) atoms. The minimum absolute atomic E-state index is 0.112. The maximum Gasteiger partial charge on any atom is 0.322 e. The molecule has 0 aliphatic carbocycles. The summed E-state index contributed by atoms with van der Waals surface area (Å²) < 4.78 is 11.3. The number of benzene rings is 2. The van der Waals surface area contributed by atoms with Gasteiger partial charge in [0.15, 0.2) is 0 Å². The van der Waals surface area contributed by atoms with Gasteiger partial charge in [-0.2, -0.15) is 4.98 Å². The van der Waals surface area contributed by atoms with Crippen molar-refractivity contribution in [2.75, 3.05) is 13.2 Å². The lowest BCUT2D eigenvalue weighted by atomic mass is 9.94. The number of hydrogen-bond donors (Lipinski definition) is 1. The molecule has 0 saturated carbocycles. The van der Waals surface area contributed by atoms with Crippen molar-refractivity contribution in [3.63, 3.8) is 0 Å². The Balaban J connectivity index is 1.73. The van der Waals surface area contributed by atoms with E-state index in [1.807, 2.05) is 69.3 Å². The minimum atomic E-state index is -0.378. The summed E-state index contributed by atoms with van der Waals surface area (Å²) in [6, 6.07) is 15.3. The number of ether oxygens (including phenoxy) is 1. The second-order valence-corrected chi connectivity index (χ2v) is 9.01. The summed E-state index contributed by atoms with van der Waals surface area (Å²) in [7, 11) is 0. The molecule has 0 spiro atoms. The first-order valence-corrected chi connectivity index (χ1v) is 11.8. The lowest BCUT2D eigenvalue weighted by Gasteiger charge is -2.35. The number of nitrogens with zero attached hydrogens (tertiary/aromatic N) is 3. The third-order valence-electron chi connectivity index (χ3n) is 6.02.